The second-order valence-corrected chi connectivity index (χ2v) is 5.57. The number of anilines is 1. The van der Waals surface area contributed by atoms with Gasteiger partial charge in [-0.05, 0) is 43.8 Å². The van der Waals surface area contributed by atoms with Crippen LogP contribution in [0.3, 0.4) is 0 Å². The Labute approximate surface area is 127 Å². The fourth-order valence-corrected chi connectivity index (χ4v) is 2.70. The number of hydrogen-bond donors (Lipinski definition) is 1. The van der Waals surface area contributed by atoms with Crippen LogP contribution in [0.5, 0.6) is 0 Å². The zero-order valence-corrected chi connectivity index (χ0v) is 13.0. The molecular formula is C16H17NO3S. The SMILES string of the molecule is CCOC(=O)c1ccsc1NC(=O)c1cc(C)ccc1C. The summed E-state index contributed by atoms with van der Waals surface area (Å²) in [5.41, 5.74) is 2.91. The molecule has 0 radical (unpaired) electrons. The first-order valence-electron chi connectivity index (χ1n) is 6.66. The number of aryl methyl sites for hydroxylation is 2. The monoisotopic (exact) mass is 303 g/mol. The summed E-state index contributed by atoms with van der Waals surface area (Å²) in [5, 5.41) is 5.06. The molecule has 0 bridgehead atoms. The van der Waals surface area contributed by atoms with Crippen LogP contribution in [-0.4, -0.2) is 18.5 Å². The van der Waals surface area contributed by atoms with Gasteiger partial charge in [-0.15, -0.1) is 11.3 Å². The third kappa shape index (κ3) is 3.49. The van der Waals surface area contributed by atoms with E-state index in [0.717, 1.165) is 11.1 Å². The van der Waals surface area contributed by atoms with Crippen molar-refractivity contribution >= 4 is 28.2 Å². The van der Waals surface area contributed by atoms with Gasteiger partial charge < -0.3 is 10.1 Å². The number of esters is 1. The first kappa shape index (κ1) is 15.3. The summed E-state index contributed by atoms with van der Waals surface area (Å²) in [6.07, 6.45) is 0. The molecule has 4 nitrogen and oxygen atoms in total. The van der Waals surface area contributed by atoms with Crippen molar-refractivity contribution in [3.8, 4) is 0 Å². The van der Waals surface area contributed by atoms with E-state index >= 15 is 0 Å². The molecule has 0 aliphatic heterocycles. The van der Waals surface area contributed by atoms with Gasteiger partial charge in [0.1, 0.15) is 5.00 Å². The predicted molar refractivity (Wildman–Crippen MR) is 84.1 cm³/mol. The van der Waals surface area contributed by atoms with E-state index < -0.39 is 5.97 Å². The van der Waals surface area contributed by atoms with Crippen LogP contribution >= 0.6 is 11.3 Å². The first-order valence-corrected chi connectivity index (χ1v) is 7.54. The Morgan fingerprint density at radius 1 is 1.19 bits per heavy atom. The van der Waals surface area contributed by atoms with Crippen LogP contribution in [0.1, 0.15) is 38.8 Å². The third-order valence-corrected chi connectivity index (χ3v) is 3.86. The molecule has 0 saturated carbocycles. The average Bonchev–Trinajstić information content (AvgIpc) is 2.90. The quantitative estimate of drug-likeness (QED) is 0.874. The van der Waals surface area contributed by atoms with Crippen molar-refractivity contribution in [1.82, 2.24) is 0 Å². The minimum atomic E-state index is -0.421. The molecule has 2 aromatic rings. The van der Waals surface area contributed by atoms with E-state index in [9.17, 15) is 9.59 Å². The van der Waals surface area contributed by atoms with Gasteiger partial charge in [0.25, 0.3) is 5.91 Å². The fourth-order valence-electron chi connectivity index (χ4n) is 1.93. The Bertz CT molecular complexity index is 676. The lowest BCUT2D eigenvalue weighted by Crippen LogP contribution is -2.15. The van der Waals surface area contributed by atoms with Crippen molar-refractivity contribution in [2.45, 2.75) is 20.8 Å². The van der Waals surface area contributed by atoms with Crippen LogP contribution in [-0.2, 0) is 4.74 Å². The van der Waals surface area contributed by atoms with E-state index in [0.29, 0.717) is 22.7 Å². The highest BCUT2D eigenvalue weighted by atomic mass is 32.1. The Kier molecular flexibility index (Phi) is 4.75. The van der Waals surface area contributed by atoms with Gasteiger partial charge in [-0.25, -0.2) is 4.79 Å². The van der Waals surface area contributed by atoms with Gasteiger partial charge in [0.15, 0.2) is 0 Å². The molecule has 1 heterocycles. The molecule has 1 aromatic carbocycles. The average molecular weight is 303 g/mol. The van der Waals surface area contributed by atoms with Crippen molar-refractivity contribution in [2.24, 2.45) is 0 Å². The van der Waals surface area contributed by atoms with E-state index in [-0.39, 0.29) is 5.91 Å². The minimum Gasteiger partial charge on any atom is -0.462 e. The molecule has 0 saturated heterocycles. The molecule has 21 heavy (non-hydrogen) atoms. The Balaban J connectivity index is 2.22. The maximum absolute atomic E-state index is 12.4. The number of carbonyl (C=O) groups excluding carboxylic acids is 2. The maximum atomic E-state index is 12.4. The molecular weight excluding hydrogens is 286 g/mol. The van der Waals surface area contributed by atoms with Crippen LogP contribution in [0.15, 0.2) is 29.6 Å². The summed E-state index contributed by atoms with van der Waals surface area (Å²) >= 11 is 1.30. The van der Waals surface area contributed by atoms with Gasteiger partial charge in [0, 0.05) is 5.56 Å². The van der Waals surface area contributed by atoms with E-state index in [1.165, 1.54) is 11.3 Å². The first-order chi connectivity index (χ1) is 10.0. The highest BCUT2D eigenvalue weighted by Gasteiger charge is 2.17. The number of nitrogens with one attached hydrogen (secondary N) is 1. The lowest BCUT2D eigenvalue weighted by molar-refractivity contribution is 0.0528. The van der Waals surface area contributed by atoms with E-state index in [1.54, 1.807) is 18.4 Å². The molecule has 0 fully saturated rings. The van der Waals surface area contributed by atoms with Crippen LogP contribution < -0.4 is 5.32 Å². The van der Waals surface area contributed by atoms with Crippen molar-refractivity contribution < 1.29 is 14.3 Å². The summed E-state index contributed by atoms with van der Waals surface area (Å²) in [5.74, 6) is -0.640. The molecule has 1 amide bonds. The summed E-state index contributed by atoms with van der Waals surface area (Å²) in [6.45, 7) is 5.87. The number of amides is 1. The zero-order chi connectivity index (χ0) is 15.4. The number of ether oxygens (including phenoxy) is 1. The second-order valence-electron chi connectivity index (χ2n) is 4.66. The number of rotatable bonds is 4. The standard InChI is InChI=1S/C16H17NO3S/c1-4-20-16(19)12-7-8-21-15(12)17-14(18)13-9-10(2)5-6-11(13)3/h5-9H,4H2,1-3H3,(H,17,18). The highest BCUT2D eigenvalue weighted by molar-refractivity contribution is 7.14. The number of benzene rings is 1. The minimum absolute atomic E-state index is 0.218. The molecule has 5 heteroatoms. The second kappa shape index (κ2) is 6.54. The number of thiophene rings is 1. The molecule has 0 atom stereocenters. The summed E-state index contributed by atoms with van der Waals surface area (Å²) in [7, 11) is 0. The summed E-state index contributed by atoms with van der Waals surface area (Å²) in [6, 6.07) is 7.36. The van der Waals surface area contributed by atoms with Crippen molar-refractivity contribution in [2.75, 3.05) is 11.9 Å². The normalized spacial score (nSPS) is 10.2. The predicted octanol–water partition coefficient (Wildman–Crippen LogP) is 3.79. The molecule has 0 unspecified atom stereocenters. The molecule has 1 aromatic heterocycles. The van der Waals surface area contributed by atoms with Crippen molar-refractivity contribution in [3.05, 3.63) is 51.9 Å². The summed E-state index contributed by atoms with van der Waals surface area (Å²) < 4.78 is 4.97. The maximum Gasteiger partial charge on any atom is 0.341 e. The Morgan fingerprint density at radius 3 is 2.67 bits per heavy atom. The number of carbonyl (C=O) groups is 2. The third-order valence-electron chi connectivity index (χ3n) is 3.03. The lowest BCUT2D eigenvalue weighted by atomic mass is 10.1. The van der Waals surface area contributed by atoms with Crippen molar-refractivity contribution in [3.63, 3.8) is 0 Å². The number of hydrogen-bond acceptors (Lipinski definition) is 4. The molecule has 110 valence electrons. The van der Waals surface area contributed by atoms with Crippen LogP contribution in [0, 0.1) is 13.8 Å². The van der Waals surface area contributed by atoms with E-state index in [2.05, 4.69) is 5.32 Å². The van der Waals surface area contributed by atoms with Crippen LogP contribution in [0.2, 0.25) is 0 Å². The van der Waals surface area contributed by atoms with E-state index in [1.807, 2.05) is 32.0 Å². The largest absolute Gasteiger partial charge is 0.462 e. The highest BCUT2D eigenvalue weighted by Crippen LogP contribution is 2.25. The molecule has 2 rings (SSSR count). The van der Waals surface area contributed by atoms with Gasteiger partial charge in [-0.1, -0.05) is 17.7 Å². The summed E-state index contributed by atoms with van der Waals surface area (Å²) in [4.78, 5) is 24.2. The van der Waals surface area contributed by atoms with Gasteiger partial charge in [0.05, 0.1) is 12.2 Å². The molecule has 1 N–H and O–H groups in total. The molecule has 0 aliphatic carbocycles. The topological polar surface area (TPSA) is 55.4 Å². The fraction of sp³-hybridized carbons (Fsp3) is 0.250. The van der Waals surface area contributed by atoms with Gasteiger partial charge >= 0.3 is 5.97 Å². The smallest absolute Gasteiger partial charge is 0.341 e. The van der Waals surface area contributed by atoms with Gasteiger partial charge in [0.2, 0.25) is 0 Å². The van der Waals surface area contributed by atoms with Crippen molar-refractivity contribution in [1.29, 1.82) is 0 Å². The van der Waals surface area contributed by atoms with Gasteiger partial charge in [-0.3, -0.25) is 4.79 Å². The lowest BCUT2D eigenvalue weighted by Gasteiger charge is -2.09. The molecule has 0 spiro atoms. The Morgan fingerprint density at radius 2 is 1.95 bits per heavy atom. The van der Waals surface area contributed by atoms with Crippen LogP contribution in [0.25, 0.3) is 0 Å². The molecule has 0 aliphatic rings. The van der Waals surface area contributed by atoms with Crippen LogP contribution in [0.4, 0.5) is 5.00 Å². The Hall–Kier alpha value is -2.14. The van der Waals surface area contributed by atoms with E-state index in [4.69, 9.17) is 4.74 Å². The van der Waals surface area contributed by atoms with Gasteiger partial charge in [-0.2, -0.15) is 0 Å². The zero-order valence-electron chi connectivity index (χ0n) is 12.2.